The Morgan fingerprint density at radius 1 is 1.06 bits per heavy atom. The van der Waals surface area contributed by atoms with Gasteiger partial charge < -0.3 is 10.5 Å². The van der Waals surface area contributed by atoms with E-state index < -0.39 is 0 Å². The monoisotopic (exact) mass is 246 g/mol. The van der Waals surface area contributed by atoms with Crippen molar-refractivity contribution in [1.29, 1.82) is 0 Å². The lowest BCUT2D eigenvalue weighted by molar-refractivity contribution is 0.155. The molecule has 0 aromatic carbocycles. The summed E-state index contributed by atoms with van der Waals surface area (Å²) >= 11 is 0. The number of nitrogens with two attached hydrogens (primary N) is 1. The molecule has 0 radical (unpaired) electrons. The van der Waals surface area contributed by atoms with E-state index in [2.05, 4.69) is 11.1 Å². The van der Waals surface area contributed by atoms with E-state index in [0.29, 0.717) is 0 Å². The molecule has 2 N–H and O–H groups in total. The van der Waals surface area contributed by atoms with E-state index in [1.54, 1.807) is 0 Å². The number of rotatable bonds is 2. The van der Waals surface area contributed by atoms with Crippen molar-refractivity contribution in [3.8, 4) is 5.88 Å². The predicted octanol–water partition coefficient (Wildman–Crippen LogP) is 2.61. The van der Waals surface area contributed by atoms with Gasteiger partial charge in [-0.25, -0.2) is 4.98 Å². The van der Waals surface area contributed by atoms with E-state index in [4.69, 9.17) is 10.5 Å². The van der Waals surface area contributed by atoms with Crippen molar-refractivity contribution in [3.63, 3.8) is 0 Å². The smallest absolute Gasteiger partial charge is 0.213 e. The quantitative estimate of drug-likeness (QED) is 0.816. The Morgan fingerprint density at radius 3 is 2.89 bits per heavy atom. The molecule has 2 atom stereocenters. The minimum atomic E-state index is 0.152. The number of nitrogens with zero attached hydrogens (tertiary/aromatic N) is 1. The topological polar surface area (TPSA) is 48.1 Å². The predicted molar refractivity (Wildman–Crippen MR) is 71.7 cm³/mol. The second kappa shape index (κ2) is 5.27. The molecular weight excluding hydrogens is 224 g/mol. The molecule has 1 fully saturated rings. The molecule has 0 aliphatic heterocycles. The zero-order valence-electron chi connectivity index (χ0n) is 10.9. The fourth-order valence-corrected chi connectivity index (χ4v) is 3.07. The normalized spacial score (nSPS) is 27.6. The Labute approximate surface area is 109 Å². The Hall–Kier alpha value is -1.09. The second-order valence-electron chi connectivity index (χ2n) is 5.57. The lowest BCUT2D eigenvalue weighted by Crippen LogP contribution is -2.38. The van der Waals surface area contributed by atoms with Crippen LogP contribution in [0.4, 0.5) is 0 Å². The van der Waals surface area contributed by atoms with Gasteiger partial charge in [0.2, 0.25) is 5.88 Å². The molecule has 0 saturated heterocycles. The van der Waals surface area contributed by atoms with E-state index in [-0.39, 0.29) is 12.1 Å². The largest absolute Gasteiger partial charge is 0.473 e. The summed E-state index contributed by atoms with van der Waals surface area (Å²) in [5.41, 5.74) is 8.81. The van der Waals surface area contributed by atoms with Crippen molar-refractivity contribution in [2.24, 2.45) is 5.73 Å². The zero-order chi connectivity index (χ0) is 12.4. The first-order valence-electron chi connectivity index (χ1n) is 7.24. The molecule has 0 spiro atoms. The molecule has 1 aromatic rings. The highest BCUT2D eigenvalue weighted by Crippen LogP contribution is 2.25. The fraction of sp³-hybridized carbons (Fsp3) is 0.667. The third-order valence-corrected chi connectivity index (χ3v) is 4.18. The van der Waals surface area contributed by atoms with Gasteiger partial charge in [-0.2, -0.15) is 0 Å². The van der Waals surface area contributed by atoms with Crippen LogP contribution in [-0.4, -0.2) is 17.1 Å². The molecule has 2 aliphatic rings. The van der Waals surface area contributed by atoms with Crippen LogP contribution in [0.1, 0.15) is 49.8 Å². The Kier molecular flexibility index (Phi) is 3.50. The summed E-state index contributed by atoms with van der Waals surface area (Å²) < 4.78 is 6.04. The maximum atomic E-state index is 6.19. The molecule has 0 bridgehead atoms. The van der Waals surface area contributed by atoms with Crippen molar-refractivity contribution in [3.05, 3.63) is 23.4 Å². The highest BCUT2D eigenvalue weighted by Gasteiger charge is 2.23. The van der Waals surface area contributed by atoms with E-state index >= 15 is 0 Å². The highest BCUT2D eigenvalue weighted by molar-refractivity contribution is 5.29. The Balaban J connectivity index is 1.71. The Bertz CT molecular complexity index is 419. The van der Waals surface area contributed by atoms with Gasteiger partial charge in [0, 0.05) is 17.8 Å². The highest BCUT2D eigenvalue weighted by atomic mass is 16.5. The van der Waals surface area contributed by atoms with E-state index in [1.807, 2.05) is 6.07 Å². The first-order valence-corrected chi connectivity index (χ1v) is 7.24. The summed E-state index contributed by atoms with van der Waals surface area (Å²) in [4.78, 5) is 4.63. The van der Waals surface area contributed by atoms with Gasteiger partial charge >= 0.3 is 0 Å². The summed E-state index contributed by atoms with van der Waals surface area (Å²) in [5.74, 6) is 0.776. The van der Waals surface area contributed by atoms with Crippen LogP contribution in [0.25, 0.3) is 0 Å². The minimum absolute atomic E-state index is 0.152. The van der Waals surface area contributed by atoms with Crippen LogP contribution in [0.3, 0.4) is 0 Å². The number of ether oxygens (including phenoxy) is 1. The average molecular weight is 246 g/mol. The fourth-order valence-electron chi connectivity index (χ4n) is 3.07. The van der Waals surface area contributed by atoms with Crippen molar-refractivity contribution in [1.82, 2.24) is 4.98 Å². The third kappa shape index (κ3) is 2.51. The Morgan fingerprint density at radius 2 is 1.94 bits per heavy atom. The van der Waals surface area contributed by atoms with Crippen molar-refractivity contribution >= 4 is 0 Å². The van der Waals surface area contributed by atoms with Gasteiger partial charge in [0.05, 0.1) is 0 Å². The summed E-state index contributed by atoms with van der Waals surface area (Å²) in [6.45, 7) is 0. The summed E-state index contributed by atoms with van der Waals surface area (Å²) in [7, 11) is 0. The van der Waals surface area contributed by atoms with Crippen LogP contribution in [0.2, 0.25) is 0 Å². The molecule has 3 heteroatoms. The van der Waals surface area contributed by atoms with Crippen molar-refractivity contribution in [2.45, 2.75) is 63.5 Å². The first kappa shape index (κ1) is 12.0. The standard InChI is InChI=1S/C15H22N2O/c16-12-6-2-1-3-8-14(12)18-15-10-9-11-5-4-7-13(11)17-15/h9-10,12,14H,1-8,16H2. The summed E-state index contributed by atoms with van der Waals surface area (Å²) in [6.07, 6.45) is 9.55. The summed E-state index contributed by atoms with van der Waals surface area (Å²) in [5, 5.41) is 0. The number of fused-ring (bicyclic) bond motifs is 1. The van der Waals surface area contributed by atoms with Gasteiger partial charge in [-0.05, 0) is 44.1 Å². The van der Waals surface area contributed by atoms with Gasteiger partial charge in [0.15, 0.2) is 0 Å². The van der Waals surface area contributed by atoms with Gasteiger partial charge in [0.25, 0.3) is 0 Å². The number of hydrogen-bond donors (Lipinski definition) is 1. The van der Waals surface area contributed by atoms with E-state index in [9.17, 15) is 0 Å². The lowest BCUT2D eigenvalue weighted by atomic mass is 10.1. The number of hydrogen-bond acceptors (Lipinski definition) is 3. The van der Waals surface area contributed by atoms with Gasteiger partial charge in [0.1, 0.15) is 6.10 Å². The van der Waals surface area contributed by atoms with Crippen LogP contribution >= 0.6 is 0 Å². The van der Waals surface area contributed by atoms with Gasteiger partial charge in [-0.15, -0.1) is 0 Å². The molecule has 0 amide bonds. The zero-order valence-corrected chi connectivity index (χ0v) is 10.9. The molecule has 1 heterocycles. The molecular formula is C15H22N2O. The molecule has 3 rings (SSSR count). The van der Waals surface area contributed by atoms with Crippen LogP contribution in [0.15, 0.2) is 12.1 Å². The van der Waals surface area contributed by atoms with Crippen LogP contribution in [0, 0.1) is 0 Å². The van der Waals surface area contributed by atoms with Crippen LogP contribution in [-0.2, 0) is 12.8 Å². The van der Waals surface area contributed by atoms with Gasteiger partial charge in [-0.1, -0.05) is 18.9 Å². The van der Waals surface area contributed by atoms with Crippen molar-refractivity contribution in [2.75, 3.05) is 0 Å². The summed E-state index contributed by atoms with van der Waals surface area (Å²) in [6, 6.07) is 4.36. The van der Waals surface area contributed by atoms with Crippen molar-refractivity contribution < 1.29 is 4.74 Å². The van der Waals surface area contributed by atoms with E-state index in [1.165, 1.54) is 43.4 Å². The van der Waals surface area contributed by atoms with E-state index in [0.717, 1.165) is 25.1 Å². The molecule has 1 saturated carbocycles. The molecule has 2 aliphatic carbocycles. The SMILES string of the molecule is NC1CCCCCC1Oc1ccc2c(n1)CCC2. The maximum absolute atomic E-state index is 6.19. The first-order chi connectivity index (χ1) is 8.83. The average Bonchev–Trinajstić information content (AvgIpc) is 2.75. The molecule has 98 valence electrons. The molecule has 18 heavy (non-hydrogen) atoms. The number of aryl methyl sites for hydroxylation is 2. The van der Waals surface area contributed by atoms with Crippen LogP contribution in [0.5, 0.6) is 5.88 Å². The number of pyridine rings is 1. The lowest BCUT2D eigenvalue weighted by Gasteiger charge is -2.22. The third-order valence-electron chi connectivity index (χ3n) is 4.18. The second-order valence-corrected chi connectivity index (χ2v) is 5.57. The molecule has 1 aromatic heterocycles. The van der Waals surface area contributed by atoms with Gasteiger partial charge in [-0.3, -0.25) is 0 Å². The van der Waals surface area contributed by atoms with Crippen LogP contribution < -0.4 is 10.5 Å². The molecule has 2 unspecified atom stereocenters. The maximum Gasteiger partial charge on any atom is 0.213 e. The number of aromatic nitrogens is 1. The molecule has 3 nitrogen and oxygen atoms in total. The minimum Gasteiger partial charge on any atom is -0.473 e.